The molecule has 4 aromatic heterocycles. The van der Waals surface area contributed by atoms with E-state index in [1.165, 1.54) is 97.4 Å². The lowest BCUT2D eigenvalue weighted by molar-refractivity contribution is 0.661. The molecule has 76 heavy (non-hydrogen) atoms. The van der Waals surface area contributed by atoms with E-state index in [9.17, 15) is 0 Å². The van der Waals surface area contributed by atoms with E-state index < -0.39 is 0 Å². The Morgan fingerprint density at radius 3 is 1.74 bits per heavy atom. The van der Waals surface area contributed by atoms with Gasteiger partial charge in [-0.15, -0.1) is 11.3 Å². The molecule has 0 fully saturated rings. The quantitative estimate of drug-likeness (QED) is 0.173. The number of hydrogen-bond donors (Lipinski definition) is 0. The molecule has 15 aromatic rings. The van der Waals surface area contributed by atoms with Gasteiger partial charge in [-0.05, 0) is 105 Å². The number of hydrogen-bond acceptors (Lipinski definition) is 4. The van der Waals surface area contributed by atoms with E-state index >= 15 is 0 Å². The number of benzene rings is 11. The molecule has 11 aromatic carbocycles. The van der Waals surface area contributed by atoms with E-state index in [4.69, 9.17) is 15.0 Å². The van der Waals surface area contributed by atoms with Gasteiger partial charge in [0.1, 0.15) is 0 Å². The molecule has 0 bridgehead atoms. The summed E-state index contributed by atoms with van der Waals surface area (Å²) in [5, 5.41) is 9.64. The lowest BCUT2D eigenvalue weighted by Gasteiger charge is -2.23. The van der Waals surface area contributed by atoms with Gasteiger partial charge in [0, 0.05) is 86.2 Å². The summed E-state index contributed by atoms with van der Waals surface area (Å²) < 4.78 is 7.44. The summed E-state index contributed by atoms with van der Waals surface area (Å²) in [6.07, 6.45) is 0. The van der Waals surface area contributed by atoms with Crippen LogP contribution in [0.2, 0.25) is 0 Å². The minimum Gasteiger partial charge on any atom is -0.309 e. The third kappa shape index (κ3) is 5.76. The van der Waals surface area contributed by atoms with Crippen molar-refractivity contribution >= 4 is 85.9 Å². The Morgan fingerprint density at radius 1 is 0.355 bits per heavy atom. The third-order valence-electron chi connectivity index (χ3n) is 16.7. The van der Waals surface area contributed by atoms with E-state index in [0.717, 1.165) is 49.7 Å². The van der Waals surface area contributed by atoms with Crippen LogP contribution in [-0.2, 0) is 5.41 Å². The number of rotatable bonds is 5. The van der Waals surface area contributed by atoms with Gasteiger partial charge in [-0.3, -0.25) is 0 Å². The van der Waals surface area contributed by atoms with Crippen LogP contribution < -0.4 is 0 Å². The average Bonchev–Trinajstić information content (AvgIpc) is 4.03. The van der Waals surface area contributed by atoms with Gasteiger partial charge in [-0.1, -0.05) is 172 Å². The molecule has 0 N–H and O–H groups in total. The zero-order valence-corrected chi connectivity index (χ0v) is 42.3. The van der Waals surface area contributed by atoms with Crippen molar-refractivity contribution in [1.82, 2.24) is 24.1 Å². The SMILES string of the molecule is CC1(C)c2cccc3c2-c2c1ccc1c4ccccc4n(c21)-c1c(-c2ccc4ccc(-c5nc(-c6ccc7sc8ccccc8c7c6)nc(-c6ccc7c8ccccc8n(-c8ccccc8)c7c6)n5)cc4c2)cccc1-3. The topological polar surface area (TPSA) is 48.5 Å². The Bertz CT molecular complexity index is 5030. The Kier molecular flexibility index (Phi) is 8.44. The minimum atomic E-state index is -0.120. The van der Waals surface area contributed by atoms with Crippen molar-refractivity contribution in [2.75, 3.05) is 0 Å². The summed E-state index contributed by atoms with van der Waals surface area (Å²) in [4.78, 5) is 16.1. The first-order valence-electron chi connectivity index (χ1n) is 26.1. The maximum atomic E-state index is 5.40. The molecule has 0 saturated heterocycles. The number of thiophene rings is 1. The van der Waals surface area contributed by atoms with Gasteiger partial charge in [0.25, 0.3) is 0 Å². The molecular formula is C70H43N5S. The van der Waals surface area contributed by atoms with Crippen molar-refractivity contribution in [1.29, 1.82) is 0 Å². The normalized spacial score (nSPS) is 13.2. The first-order chi connectivity index (χ1) is 37.4. The Hall–Kier alpha value is -9.49. The van der Waals surface area contributed by atoms with Crippen LogP contribution in [0.15, 0.2) is 224 Å². The van der Waals surface area contributed by atoms with Crippen molar-refractivity contribution in [3.05, 3.63) is 236 Å². The highest BCUT2D eigenvalue weighted by atomic mass is 32.1. The molecule has 5 heterocycles. The van der Waals surface area contributed by atoms with Gasteiger partial charge in [0.2, 0.25) is 0 Å². The van der Waals surface area contributed by atoms with Gasteiger partial charge in [-0.2, -0.15) is 0 Å². The lowest BCUT2D eigenvalue weighted by atomic mass is 9.81. The van der Waals surface area contributed by atoms with Crippen molar-refractivity contribution in [3.8, 4) is 78.9 Å². The molecule has 0 atom stereocenters. The van der Waals surface area contributed by atoms with Crippen LogP contribution >= 0.6 is 11.3 Å². The summed E-state index contributed by atoms with van der Waals surface area (Å²) >= 11 is 1.82. The van der Waals surface area contributed by atoms with Crippen LogP contribution in [0.4, 0.5) is 0 Å². The molecule has 0 amide bonds. The highest BCUT2D eigenvalue weighted by molar-refractivity contribution is 7.25. The van der Waals surface area contributed by atoms with E-state index in [-0.39, 0.29) is 5.41 Å². The lowest BCUT2D eigenvalue weighted by Crippen LogP contribution is -2.15. The summed E-state index contributed by atoms with van der Waals surface area (Å²) in [6, 6.07) is 82.3. The van der Waals surface area contributed by atoms with Gasteiger partial charge in [0.05, 0.1) is 27.8 Å². The molecule has 1 aliphatic carbocycles. The van der Waals surface area contributed by atoms with Crippen LogP contribution in [0.5, 0.6) is 0 Å². The molecule has 0 unspecified atom stereocenters. The maximum Gasteiger partial charge on any atom is 0.164 e. The van der Waals surface area contributed by atoms with Crippen LogP contribution in [0.1, 0.15) is 25.0 Å². The molecule has 17 rings (SSSR count). The number of nitrogens with zero attached hydrogens (tertiary/aromatic N) is 5. The van der Waals surface area contributed by atoms with Crippen LogP contribution in [0.3, 0.4) is 0 Å². The van der Waals surface area contributed by atoms with Gasteiger partial charge >= 0.3 is 0 Å². The zero-order chi connectivity index (χ0) is 50.0. The fourth-order valence-electron chi connectivity index (χ4n) is 13.2. The van der Waals surface area contributed by atoms with Crippen molar-refractivity contribution in [3.63, 3.8) is 0 Å². The molecule has 5 nitrogen and oxygen atoms in total. The summed E-state index contributed by atoms with van der Waals surface area (Å²) in [6.45, 7) is 4.77. The fraction of sp³-hybridized carbons (Fsp3) is 0.0429. The van der Waals surface area contributed by atoms with Gasteiger partial charge in [-0.25, -0.2) is 15.0 Å². The predicted molar refractivity (Wildman–Crippen MR) is 317 cm³/mol. The van der Waals surface area contributed by atoms with Crippen LogP contribution in [0, 0.1) is 0 Å². The molecular weight excluding hydrogens is 943 g/mol. The second-order valence-corrected chi connectivity index (χ2v) is 22.2. The number of para-hydroxylation sites is 4. The first-order valence-corrected chi connectivity index (χ1v) is 26.9. The van der Waals surface area contributed by atoms with Crippen LogP contribution in [0.25, 0.3) is 153 Å². The summed E-state index contributed by atoms with van der Waals surface area (Å²) in [7, 11) is 0. The molecule has 0 spiro atoms. The number of aromatic nitrogens is 5. The molecule has 2 aliphatic rings. The van der Waals surface area contributed by atoms with E-state index in [1.807, 2.05) is 11.3 Å². The first kappa shape index (κ1) is 41.9. The molecule has 354 valence electrons. The standard InChI is InChI=1S/C70H43N5S/c1-70(2)56-22-13-20-52-53-21-12-19-47(65(53)75-59-24-10-7-17-49(59)54-33-34-57(70)64(63(52)56)66(54)75)41-28-26-40-27-29-42(37-45(40)36-41)67-71-68(43-31-35-62-55(38-43)51-18-8-11-25-61(51)76-62)73-69(72-67)44-30-32-50-48-16-6-9-23-58(48)74(60(50)39-44)46-14-4-3-5-15-46/h3-39H,1-2H3. The highest BCUT2D eigenvalue weighted by Gasteiger charge is 2.41. The summed E-state index contributed by atoms with van der Waals surface area (Å²) in [5.41, 5.74) is 20.1. The smallest absolute Gasteiger partial charge is 0.164 e. The highest BCUT2D eigenvalue weighted by Crippen LogP contribution is 2.59. The predicted octanol–water partition coefficient (Wildman–Crippen LogP) is 18.5. The van der Waals surface area contributed by atoms with Crippen molar-refractivity contribution < 1.29 is 0 Å². The van der Waals surface area contributed by atoms with E-state index in [2.05, 4.69) is 247 Å². The Morgan fingerprint density at radius 2 is 0.921 bits per heavy atom. The van der Waals surface area contributed by atoms with E-state index in [0.29, 0.717) is 17.5 Å². The summed E-state index contributed by atoms with van der Waals surface area (Å²) in [5.74, 6) is 1.88. The third-order valence-corrected chi connectivity index (χ3v) is 17.8. The largest absolute Gasteiger partial charge is 0.309 e. The Labute approximate surface area is 441 Å². The van der Waals surface area contributed by atoms with Crippen molar-refractivity contribution in [2.45, 2.75) is 19.3 Å². The van der Waals surface area contributed by atoms with E-state index in [1.54, 1.807) is 0 Å². The molecule has 0 saturated carbocycles. The average molecular weight is 986 g/mol. The number of fused-ring (bicyclic) bond motifs is 13. The van der Waals surface area contributed by atoms with Gasteiger partial charge < -0.3 is 9.13 Å². The maximum absolute atomic E-state index is 5.40. The Balaban J connectivity index is 0.868. The van der Waals surface area contributed by atoms with Crippen molar-refractivity contribution in [2.24, 2.45) is 0 Å². The second kappa shape index (κ2) is 15.3. The second-order valence-electron chi connectivity index (χ2n) is 21.1. The molecule has 0 radical (unpaired) electrons. The zero-order valence-electron chi connectivity index (χ0n) is 41.5. The molecule has 6 heteroatoms. The van der Waals surface area contributed by atoms with Gasteiger partial charge in [0.15, 0.2) is 17.5 Å². The molecule has 1 aliphatic heterocycles. The monoisotopic (exact) mass is 985 g/mol. The fourth-order valence-corrected chi connectivity index (χ4v) is 14.2. The van der Waals surface area contributed by atoms with Crippen LogP contribution in [-0.4, -0.2) is 24.1 Å². The minimum absolute atomic E-state index is 0.120.